The maximum atomic E-state index is 6.16. The fourth-order valence-corrected chi connectivity index (χ4v) is 4.19. The SMILES string of the molecule is Clc1cccc2c1CNCC2.Clc1ccccc1-c1nc2c([nH]1)CCCC2. The van der Waals surface area contributed by atoms with E-state index in [1.807, 2.05) is 36.4 Å². The number of aromatic amines is 1. The molecule has 0 unspecified atom stereocenters. The van der Waals surface area contributed by atoms with E-state index in [-0.39, 0.29) is 0 Å². The first kappa shape index (κ1) is 18.5. The van der Waals surface area contributed by atoms with Gasteiger partial charge in [-0.2, -0.15) is 0 Å². The molecule has 27 heavy (non-hydrogen) atoms. The lowest BCUT2D eigenvalue weighted by atomic mass is 10.0. The van der Waals surface area contributed by atoms with Gasteiger partial charge in [-0.1, -0.05) is 47.5 Å². The molecule has 2 heterocycles. The molecule has 2 N–H and O–H groups in total. The Kier molecular flexibility index (Phi) is 5.82. The lowest BCUT2D eigenvalue weighted by molar-refractivity contribution is 0.644. The van der Waals surface area contributed by atoms with E-state index in [4.69, 9.17) is 23.2 Å². The summed E-state index contributed by atoms with van der Waals surface area (Å²) in [5, 5.41) is 4.95. The number of nitrogens with one attached hydrogen (secondary N) is 2. The molecular formula is C22H23Cl2N3. The number of H-pyrrole nitrogens is 1. The van der Waals surface area contributed by atoms with Gasteiger partial charge in [-0.05, 0) is 68.0 Å². The van der Waals surface area contributed by atoms with Gasteiger partial charge >= 0.3 is 0 Å². The lowest BCUT2D eigenvalue weighted by Crippen LogP contribution is -2.23. The van der Waals surface area contributed by atoms with Gasteiger partial charge in [-0.15, -0.1) is 0 Å². The molecule has 2 aliphatic rings. The minimum atomic E-state index is 0.758. The second-order valence-electron chi connectivity index (χ2n) is 7.00. The summed E-state index contributed by atoms with van der Waals surface area (Å²) in [6.07, 6.45) is 5.83. The molecule has 0 saturated carbocycles. The van der Waals surface area contributed by atoms with E-state index in [2.05, 4.69) is 21.4 Å². The molecule has 1 aromatic heterocycles. The van der Waals surface area contributed by atoms with Crippen LogP contribution in [0.2, 0.25) is 10.0 Å². The molecule has 0 saturated heterocycles. The highest BCUT2D eigenvalue weighted by atomic mass is 35.5. The summed E-state index contributed by atoms with van der Waals surface area (Å²) in [7, 11) is 0. The van der Waals surface area contributed by atoms with Gasteiger partial charge in [0.2, 0.25) is 0 Å². The number of aromatic nitrogens is 2. The first-order valence-electron chi connectivity index (χ1n) is 9.52. The standard InChI is InChI=1S/C13H13ClN2.C9H10ClN/c14-10-6-2-1-5-9(10)13-15-11-7-3-4-8-12(11)16-13;10-9-3-1-2-7-4-5-11-6-8(7)9/h1-2,5-6H,3-4,7-8H2,(H,15,16);1-3,11H,4-6H2. The van der Waals surface area contributed by atoms with Crippen molar-refractivity contribution < 1.29 is 0 Å². The monoisotopic (exact) mass is 399 g/mol. The molecule has 0 spiro atoms. The minimum absolute atomic E-state index is 0.758. The Hall–Kier alpha value is -1.81. The summed E-state index contributed by atoms with van der Waals surface area (Å²) in [6.45, 7) is 2.00. The van der Waals surface area contributed by atoms with Gasteiger partial charge < -0.3 is 10.3 Å². The van der Waals surface area contributed by atoms with Crippen LogP contribution in [-0.4, -0.2) is 16.5 Å². The maximum absolute atomic E-state index is 6.16. The molecule has 0 fully saturated rings. The molecule has 5 heteroatoms. The molecule has 0 amide bonds. The zero-order chi connectivity index (χ0) is 18.6. The highest BCUT2D eigenvalue weighted by Crippen LogP contribution is 2.28. The third-order valence-electron chi connectivity index (χ3n) is 5.17. The molecule has 0 bridgehead atoms. The van der Waals surface area contributed by atoms with Crippen LogP contribution < -0.4 is 5.32 Å². The van der Waals surface area contributed by atoms with Gasteiger partial charge in [0, 0.05) is 22.8 Å². The van der Waals surface area contributed by atoms with E-state index in [0.29, 0.717) is 0 Å². The number of fused-ring (bicyclic) bond motifs is 2. The van der Waals surface area contributed by atoms with Crippen LogP contribution in [0.25, 0.3) is 11.4 Å². The second-order valence-corrected chi connectivity index (χ2v) is 7.82. The Morgan fingerprint density at radius 3 is 2.48 bits per heavy atom. The number of hydrogen-bond acceptors (Lipinski definition) is 2. The third-order valence-corrected chi connectivity index (χ3v) is 5.86. The van der Waals surface area contributed by atoms with Gasteiger partial charge in [0.05, 0.1) is 10.7 Å². The van der Waals surface area contributed by atoms with Crippen molar-refractivity contribution in [3.05, 3.63) is 75.0 Å². The molecule has 1 aliphatic carbocycles. The van der Waals surface area contributed by atoms with E-state index in [1.54, 1.807) is 0 Å². The van der Waals surface area contributed by atoms with E-state index in [1.165, 1.54) is 35.4 Å². The highest BCUT2D eigenvalue weighted by molar-refractivity contribution is 6.33. The van der Waals surface area contributed by atoms with Gasteiger partial charge in [-0.25, -0.2) is 4.98 Å². The molecule has 3 nitrogen and oxygen atoms in total. The quantitative estimate of drug-likeness (QED) is 0.559. The summed E-state index contributed by atoms with van der Waals surface area (Å²) >= 11 is 12.2. The molecule has 0 radical (unpaired) electrons. The van der Waals surface area contributed by atoms with E-state index in [9.17, 15) is 0 Å². The van der Waals surface area contributed by atoms with Crippen LogP contribution >= 0.6 is 23.2 Å². The van der Waals surface area contributed by atoms with Crippen LogP contribution in [0.5, 0.6) is 0 Å². The number of imidazole rings is 1. The molecule has 5 rings (SSSR count). The normalized spacial score (nSPS) is 15.3. The predicted molar refractivity (Wildman–Crippen MR) is 113 cm³/mol. The summed E-state index contributed by atoms with van der Waals surface area (Å²) in [6, 6.07) is 14.0. The smallest absolute Gasteiger partial charge is 0.139 e. The topological polar surface area (TPSA) is 40.7 Å². The van der Waals surface area contributed by atoms with Crippen molar-refractivity contribution in [3.63, 3.8) is 0 Å². The van der Waals surface area contributed by atoms with Crippen molar-refractivity contribution in [3.8, 4) is 11.4 Å². The van der Waals surface area contributed by atoms with Gasteiger partial charge in [0.15, 0.2) is 0 Å². The summed E-state index contributed by atoms with van der Waals surface area (Å²) < 4.78 is 0. The molecular weight excluding hydrogens is 377 g/mol. The van der Waals surface area contributed by atoms with Crippen LogP contribution in [0.4, 0.5) is 0 Å². The Morgan fingerprint density at radius 2 is 1.67 bits per heavy atom. The Morgan fingerprint density at radius 1 is 0.852 bits per heavy atom. The highest BCUT2D eigenvalue weighted by Gasteiger charge is 2.16. The lowest BCUT2D eigenvalue weighted by Gasteiger charge is -2.17. The van der Waals surface area contributed by atoms with Crippen LogP contribution in [0.1, 0.15) is 35.4 Å². The van der Waals surface area contributed by atoms with Gasteiger partial charge in [0.1, 0.15) is 5.82 Å². The van der Waals surface area contributed by atoms with Crippen molar-refractivity contribution in [2.45, 2.75) is 38.6 Å². The molecule has 2 aromatic carbocycles. The van der Waals surface area contributed by atoms with Crippen LogP contribution in [0.3, 0.4) is 0 Å². The molecule has 1 aliphatic heterocycles. The zero-order valence-electron chi connectivity index (χ0n) is 15.2. The Bertz CT molecular complexity index is 910. The molecule has 140 valence electrons. The average Bonchev–Trinajstić information content (AvgIpc) is 3.13. The third kappa shape index (κ3) is 4.21. The number of halogens is 2. The summed E-state index contributed by atoms with van der Waals surface area (Å²) in [5.74, 6) is 0.914. The van der Waals surface area contributed by atoms with E-state index in [0.717, 1.165) is 53.8 Å². The van der Waals surface area contributed by atoms with Crippen LogP contribution in [0.15, 0.2) is 42.5 Å². The largest absolute Gasteiger partial charge is 0.342 e. The fourth-order valence-electron chi connectivity index (χ4n) is 3.71. The van der Waals surface area contributed by atoms with E-state index < -0.39 is 0 Å². The van der Waals surface area contributed by atoms with Crippen LogP contribution in [-0.2, 0) is 25.8 Å². The van der Waals surface area contributed by atoms with Crippen molar-refractivity contribution in [2.24, 2.45) is 0 Å². The average molecular weight is 400 g/mol. The fraction of sp³-hybridized carbons (Fsp3) is 0.318. The Labute approximate surface area is 170 Å². The van der Waals surface area contributed by atoms with Crippen molar-refractivity contribution in [1.29, 1.82) is 0 Å². The number of nitrogens with zero attached hydrogens (tertiary/aromatic N) is 1. The molecule has 0 atom stereocenters. The molecule has 3 aromatic rings. The van der Waals surface area contributed by atoms with Crippen molar-refractivity contribution >= 4 is 23.2 Å². The summed E-state index contributed by atoms with van der Waals surface area (Å²) in [4.78, 5) is 8.04. The van der Waals surface area contributed by atoms with Crippen molar-refractivity contribution in [2.75, 3.05) is 6.54 Å². The number of rotatable bonds is 1. The van der Waals surface area contributed by atoms with Gasteiger partial charge in [0.25, 0.3) is 0 Å². The first-order valence-corrected chi connectivity index (χ1v) is 10.3. The second kappa shape index (κ2) is 8.47. The van der Waals surface area contributed by atoms with Crippen LogP contribution in [0, 0.1) is 0 Å². The first-order chi connectivity index (χ1) is 13.2. The number of benzene rings is 2. The maximum Gasteiger partial charge on any atom is 0.139 e. The van der Waals surface area contributed by atoms with E-state index >= 15 is 0 Å². The zero-order valence-corrected chi connectivity index (χ0v) is 16.7. The number of hydrogen-bond donors (Lipinski definition) is 2. The number of aryl methyl sites for hydroxylation is 2. The predicted octanol–water partition coefficient (Wildman–Crippen LogP) is 5.59. The Balaban J connectivity index is 0.000000143. The van der Waals surface area contributed by atoms with Gasteiger partial charge in [-0.3, -0.25) is 0 Å². The summed E-state index contributed by atoms with van der Waals surface area (Å²) in [5.41, 5.74) is 6.19. The minimum Gasteiger partial charge on any atom is -0.342 e. The van der Waals surface area contributed by atoms with Crippen molar-refractivity contribution in [1.82, 2.24) is 15.3 Å².